The lowest BCUT2D eigenvalue weighted by Gasteiger charge is -2.14. The standard InChI is InChI=1S/C23H28N2O2/c1-16(25-23(26)19-10-11-19)14-17-6-8-18(9-7-17)20-12-13-22(24-15-20)27-21-4-2-3-5-21/h6-9,12-13,15-16,19,21H,2-5,10-11,14H2,1H3,(H,25,26). The molecule has 1 unspecified atom stereocenters. The molecular formula is C23H28N2O2. The normalized spacial score (nSPS) is 18.3. The summed E-state index contributed by atoms with van der Waals surface area (Å²) in [5, 5.41) is 3.11. The van der Waals surface area contributed by atoms with Crippen molar-refractivity contribution >= 4 is 5.91 Å². The zero-order chi connectivity index (χ0) is 18.6. The van der Waals surface area contributed by atoms with Crippen molar-refractivity contribution in [2.75, 3.05) is 0 Å². The lowest BCUT2D eigenvalue weighted by Crippen LogP contribution is -2.35. The number of nitrogens with zero attached hydrogens (tertiary/aromatic N) is 1. The first-order valence-electron chi connectivity index (χ1n) is 10.2. The zero-order valence-electron chi connectivity index (χ0n) is 16.0. The van der Waals surface area contributed by atoms with Gasteiger partial charge in [-0.2, -0.15) is 0 Å². The summed E-state index contributed by atoms with van der Waals surface area (Å²) < 4.78 is 5.94. The van der Waals surface area contributed by atoms with Crippen molar-refractivity contribution in [3.63, 3.8) is 0 Å². The van der Waals surface area contributed by atoms with E-state index in [0.29, 0.717) is 6.10 Å². The summed E-state index contributed by atoms with van der Waals surface area (Å²) in [5.74, 6) is 1.20. The maximum Gasteiger partial charge on any atom is 0.223 e. The third kappa shape index (κ3) is 4.88. The number of benzene rings is 1. The van der Waals surface area contributed by atoms with E-state index in [2.05, 4.69) is 47.6 Å². The number of carbonyl (C=O) groups excluding carboxylic acids is 1. The van der Waals surface area contributed by atoms with Crippen molar-refractivity contribution in [2.45, 2.75) is 64.0 Å². The highest BCUT2D eigenvalue weighted by atomic mass is 16.5. The van der Waals surface area contributed by atoms with E-state index < -0.39 is 0 Å². The van der Waals surface area contributed by atoms with E-state index in [1.165, 1.54) is 18.4 Å². The molecule has 1 aromatic carbocycles. The summed E-state index contributed by atoms with van der Waals surface area (Å²) in [7, 11) is 0. The van der Waals surface area contributed by atoms with Crippen molar-refractivity contribution in [3.8, 4) is 17.0 Å². The van der Waals surface area contributed by atoms with Gasteiger partial charge in [0, 0.05) is 29.8 Å². The second kappa shape index (κ2) is 8.12. The summed E-state index contributed by atoms with van der Waals surface area (Å²) in [5.41, 5.74) is 3.47. The molecule has 2 aromatic rings. The molecule has 4 rings (SSSR count). The molecule has 2 fully saturated rings. The van der Waals surface area contributed by atoms with Crippen LogP contribution in [0.15, 0.2) is 42.6 Å². The van der Waals surface area contributed by atoms with Gasteiger partial charge in [0.1, 0.15) is 6.10 Å². The molecule has 1 atom stereocenters. The van der Waals surface area contributed by atoms with Crippen LogP contribution in [-0.4, -0.2) is 23.0 Å². The van der Waals surface area contributed by atoms with Gasteiger partial charge in [-0.3, -0.25) is 4.79 Å². The number of pyridine rings is 1. The van der Waals surface area contributed by atoms with Crippen LogP contribution in [0.1, 0.15) is 51.0 Å². The van der Waals surface area contributed by atoms with Gasteiger partial charge in [-0.25, -0.2) is 4.98 Å². The first-order valence-corrected chi connectivity index (χ1v) is 10.2. The lowest BCUT2D eigenvalue weighted by molar-refractivity contribution is -0.122. The molecule has 2 saturated carbocycles. The topological polar surface area (TPSA) is 51.2 Å². The molecule has 0 spiro atoms. The number of nitrogens with one attached hydrogen (secondary N) is 1. The van der Waals surface area contributed by atoms with Crippen LogP contribution in [0, 0.1) is 5.92 Å². The molecule has 1 N–H and O–H groups in total. The Labute approximate surface area is 161 Å². The molecule has 142 valence electrons. The molecule has 2 aliphatic rings. The highest BCUT2D eigenvalue weighted by Crippen LogP contribution is 2.29. The van der Waals surface area contributed by atoms with Crippen molar-refractivity contribution in [3.05, 3.63) is 48.2 Å². The van der Waals surface area contributed by atoms with Gasteiger partial charge in [-0.1, -0.05) is 24.3 Å². The van der Waals surface area contributed by atoms with Crippen molar-refractivity contribution in [2.24, 2.45) is 5.92 Å². The average Bonchev–Trinajstić information content (AvgIpc) is 3.41. The first kappa shape index (κ1) is 18.0. The average molecular weight is 364 g/mol. The number of amides is 1. The number of carbonyl (C=O) groups is 1. The van der Waals surface area contributed by atoms with Gasteiger partial charge in [0.15, 0.2) is 0 Å². The molecule has 2 aliphatic carbocycles. The fourth-order valence-electron chi connectivity index (χ4n) is 3.74. The van der Waals surface area contributed by atoms with Crippen LogP contribution < -0.4 is 10.1 Å². The Hall–Kier alpha value is -2.36. The molecule has 0 saturated heterocycles. The van der Waals surface area contributed by atoms with Crippen molar-refractivity contribution < 1.29 is 9.53 Å². The zero-order valence-corrected chi connectivity index (χ0v) is 16.0. The Kier molecular flexibility index (Phi) is 5.42. The quantitative estimate of drug-likeness (QED) is 0.785. The summed E-state index contributed by atoms with van der Waals surface area (Å²) in [6.45, 7) is 2.07. The maximum absolute atomic E-state index is 11.9. The predicted molar refractivity (Wildman–Crippen MR) is 107 cm³/mol. The monoisotopic (exact) mass is 364 g/mol. The Balaban J connectivity index is 1.33. The van der Waals surface area contributed by atoms with Gasteiger partial charge in [0.2, 0.25) is 11.8 Å². The molecule has 1 aromatic heterocycles. The summed E-state index contributed by atoms with van der Waals surface area (Å²) in [4.78, 5) is 16.3. The van der Waals surface area contributed by atoms with Crippen molar-refractivity contribution in [1.82, 2.24) is 10.3 Å². The van der Waals surface area contributed by atoms with E-state index in [0.717, 1.165) is 49.1 Å². The van der Waals surface area contributed by atoms with Gasteiger partial charge >= 0.3 is 0 Å². The van der Waals surface area contributed by atoms with Crippen LogP contribution in [0.4, 0.5) is 0 Å². The van der Waals surface area contributed by atoms with Crippen molar-refractivity contribution in [1.29, 1.82) is 0 Å². The Bertz CT molecular complexity index is 760. The van der Waals surface area contributed by atoms with Crippen LogP contribution in [-0.2, 0) is 11.2 Å². The van der Waals surface area contributed by atoms with Crippen LogP contribution in [0.25, 0.3) is 11.1 Å². The second-order valence-electron chi connectivity index (χ2n) is 7.99. The third-order valence-electron chi connectivity index (χ3n) is 5.49. The molecule has 27 heavy (non-hydrogen) atoms. The summed E-state index contributed by atoms with van der Waals surface area (Å²) in [6.07, 6.45) is 9.98. The minimum atomic E-state index is 0.164. The van der Waals surface area contributed by atoms with E-state index >= 15 is 0 Å². The number of rotatable bonds is 7. The second-order valence-corrected chi connectivity index (χ2v) is 7.99. The third-order valence-corrected chi connectivity index (χ3v) is 5.49. The molecule has 0 radical (unpaired) electrons. The molecular weight excluding hydrogens is 336 g/mol. The highest BCUT2D eigenvalue weighted by molar-refractivity contribution is 5.81. The smallest absolute Gasteiger partial charge is 0.223 e. The van der Waals surface area contributed by atoms with Gasteiger partial charge in [0.05, 0.1) is 0 Å². The highest BCUT2D eigenvalue weighted by Gasteiger charge is 2.30. The largest absolute Gasteiger partial charge is 0.474 e. The van der Waals surface area contributed by atoms with Gasteiger partial charge < -0.3 is 10.1 Å². The number of hydrogen-bond donors (Lipinski definition) is 1. The Morgan fingerprint density at radius 1 is 1.07 bits per heavy atom. The van der Waals surface area contributed by atoms with E-state index in [1.807, 2.05) is 12.3 Å². The Morgan fingerprint density at radius 3 is 2.41 bits per heavy atom. The first-order chi connectivity index (χ1) is 13.2. The van der Waals surface area contributed by atoms with E-state index in [4.69, 9.17) is 4.74 Å². The van der Waals surface area contributed by atoms with E-state index in [-0.39, 0.29) is 17.9 Å². The molecule has 1 heterocycles. The van der Waals surface area contributed by atoms with Gasteiger partial charge in [-0.15, -0.1) is 0 Å². The minimum Gasteiger partial charge on any atom is -0.474 e. The fraction of sp³-hybridized carbons (Fsp3) is 0.478. The Morgan fingerprint density at radius 2 is 1.78 bits per heavy atom. The predicted octanol–water partition coefficient (Wildman–Crippen LogP) is 4.53. The van der Waals surface area contributed by atoms with Gasteiger partial charge in [0.25, 0.3) is 0 Å². The van der Waals surface area contributed by atoms with Crippen LogP contribution in [0.2, 0.25) is 0 Å². The summed E-state index contributed by atoms with van der Waals surface area (Å²) >= 11 is 0. The fourth-order valence-corrected chi connectivity index (χ4v) is 3.74. The van der Waals surface area contributed by atoms with Crippen LogP contribution >= 0.6 is 0 Å². The molecule has 0 bridgehead atoms. The lowest BCUT2D eigenvalue weighted by atomic mass is 10.0. The number of ether oxygens (including phenoxy) is 1. The van der Waals surface area contributed by atoms with Gasteiger partial charge in [-0.05, 0) is 69.1 Å². The molecule has 4 heteroatoms. The van der Waals surface area contributed by atoms with Crippen LogP contribution in [0.3, 0.4) is 0 Å². The maximum atomic E-state index is 11.9. The number of aromatic nitrogens is 1. The molecule has 0 aliphatic heterocycles. The SMILES string of the molecule is CC(Cc1ccc(-c2ccc(OC3CCCC3)nc2)cc1)NC(=O)C1CC1. The minimum absolute atomic E-state index is 0.164. The number of hydrogen-bond acceptors (Lipinski definition) is 3. The summed E-state index contributed by atoms with van der Waals surface area (Å²) in [6, 6.07) is 12.7. The van der Waals surface area contributed by atoms with E-state index in [9.17, 15) is 4.79 Å². The molecule has 1 amide bonds. The molecule has 4 nitrogen and oxygen atoms in total. The van der Waals surface area contributed by atoms with Crippen LogP contribution in [0.5, 0.6) is 5.88 Å². The van der Waals surface area contributed by atoms with E-state index in [1.54, 1.807) is 0 Å².